The van der Waals surface area contributed by atoms with Crippen molar-refractivity contribution in [2.45, 2.75) is 38.3 Å². The van der Waals surface area contributed by atoms with Crippen molar-refractivity contribution < 1.29 is 4.79 Å². The quantitative estimate of drug-likeness (QED) is 0.914. The minimum atomic E-state index is -0.0797. The van der Waals surface area contributed by atoms with Crippen molar-refractivity contribution in [3.63, 3.8) is 0 Å². The molecule has 18 heavy (non-hydrogen) atoms. The molecule has 1 saturated heterocycles. The van der Waals surface area contributed by atoms with Crippen molar-refractivity contribution in [2.24, 2.45) is 5.73 Å². The standard InChI is InChI=1S/C14H19ClN2O/c1-10(16)9-14(18)17-8-2-3-13(17)11-4-6-12(15)7-5-11/h4-7,10,13H,2-3,8-9,16H2,1H3. The molecule has 0 saturated carbocycles. The van der Waals surface area contributed by atoms with E-state index in [0.29, 0.717) is 6.42 Å². The van der Waals surface area contributed by atoms with Gasteiger partial charge in [0.25, 0.3) is 0 Å². The SMILES string of the molecule is CC(N)CC(=O)N1CCCC1c1ccc(Cl)cc1. The van der Waals surface area contributed by atoms with Gasteiger partial charge in [-0.2, -0.15) is 0 Å². The van der Waals surface area contributed by atoms with Crippen molar-refractivity contribution in [3.8, 4) is 0 Å². The summed E-state index contributed by atoms with van der Waals surface area (Å²) in [4.78, 5) is 14.1. The van der Waals surface area contributed by atoms with Gasteiger partial charge in [0.1, 0.15) is 0 Å². The van der Waals surface area contributed by atoms with Crippen LogP contribution in [0, 0.1) is 0 Å². The van der Waals surface area contributed by atoms with Crippen LogP contribution in [0.2, 0.25) is 5.02 Å². The maximum atomic E-state index is 12.1. The van der Waals surface area contributed by atoms with E-state index in [1.807, 2.05) is 36.1 Å². The number of likely N-dealkylation sites (tertiary alicyclic amines) is 1. The summed E-state index contributed by atoms with van der Waals surface area (Å²) in [6.07, 6.45) is 2.49. The maximum Gasteiger partial charge on any atom is 0.224 e. The first-order valence-corrected chi connectivity index (χ1v) is 6.76. The molecule has 0 aliphatic carbocycles. The molecule has 3 nitrogen and oxygen atoms in total. The maximum absolute atomic E-state index is 12.1. The second kappa shape index (κ2) is 5.72. The van der Waals surface area contributed by atoms with Crippen LogP contribution >= 0.6 is 11.6 Å². The highest BCUT2D eigenvalue weighted by molar-refractivity contribution is 6.30. The summed E-state index contributed by atoms with van der Waals surface area (Å²) in [5.41, 5.74) is 6.86. The Morgan fingerprint density at radius 3 is 2.78 bits per heavy atom. The number of nitrogens with zero attached hydrogens (tertiary/aromatic N) is 1. The molecular formula is C14H19ClN2O. The minimum Gasteiger partial charge on any atom is -0.336 e. The van der Waals surface area contributed by atoms with Gasteiger partial charge >= 0.3 is 0 Å². The van der Waals surface area contributed by atoms with Crippen LogP contribution in [0.1, 0.15) is 37.8 Å². The van der Waals surface area contributed by atoms with Crippen LogP contribution in [0.3, 0.4) is 0 Å². The average Bonchev–Trinajstić information content (AvgIpc) is 2.78. The van der Waals surface area contributed by atoms with Crippen LogP contribution in [0.5, 0.6) is 0 Å². The summed E-state index contributed by atoms with van der Waals surface area (Å²) in [6, 6.07) is 7.87. The monoisotopic (exact) mass is 266 g/mol. The van der Waals surface area contributed by atoms with E-state index in [-0.39, 0.29) is 18.0 Å². The molecule has 4 heteroatoms. The summed E-state index contributed by atoms with van der Waals surface area (Å²) >= 11 is 5.89. The molecule has 0 radical (unpaired) electrons. The highest BCUT2D eigenvalue weighted by atomic mass is 35.5. The Bertz CT molecular complexity index is 416. The van der Waals surface area contributed by atoms with Crippen molar-refractivity contribution in [3.05, 3.63) is 34.9 Å². The molecule has 1 amide bonds. The number of benzene rings is 1. The highest BCUT2D eigenvalue weighted by Gasteiger charge is 2.29. The van der Waals surface area contributed by atoms with Crippen LogP contribution in [-0.4, -0.2) is 23.4 Å². The predicted molar refractivity (Wildman–Crippen MR) is 73.4 cm³/mol. The minimum absolute atomic E-state index is 0.0797. The van der Waals surface area contributed by atoms with Crippen LogP contribution < -0.4 is 5.73 Å². The molecule has 2 rings (SSSR count). The Kier molecular flexibility index (Phi) is 4.25. The average molecular weight is 267 g/mol. The first kappa shape index (κ1) is 13.4. The lowest BCUT2D eigenvalue weighted by Gasteiger charge is -2.26. The van der Waals surface area contributed by atoms with Crippen molar-refractivity contribution in [2.75, 3.05) is 6.54 Å². The lowest BCUT2D eigenvalue weighted by atomic mass is 10.0. The number of amides is 1. The fraction of sp³-hybridized carbons (Fsp3) is 0.500. The van der Waals surface area contributed by atoms with E-state index in [2.05, 4.69) is 0 Å². The molecule has 2 atom stereocenters. The van der Waals surface area contributed by atoms with Gasteiger partial charge in [-0.3, -0.25) is 4.79 Å². The van der Waals surface area contributed by atoms with Gasteiger partial charge in [0, 0.05) is 24.0 Å². The Balaban J connectivity index is 2.12. The summed E-state index contributed by atoms with van der Waals surface area (Å²) in [5.74, 6) is 0.155. The zero-order valence-electron chi connectivity index (χ0n) is 10.6. The van der Waals surface area contributed by atoms with E-state index in [1.165, 1.54) is 0 Å². The first-order valence-electron chi connectivity index (χ1n) is 6.38. The zero-order valence-corrected chi connectivity index (χ0v) is 11.4. The Hall–Kier alpha value is -1.06. The second-order valence-corrected chi connectivity index (χ2v) is 5.41. The molecule has 98 valence electrons. The van der Waals surface area contributed by atoms with Gasteiger partial charge < -0.3 is 10.6 Å². The summed E-state index contributed by atoms with van der Waals surface area (Å²) < 4.78 is 0. The lowest BCUT2D eigenvalue weighted by Crippen LogP contribution is -2.34. The first-order chi connectivity index (χ1) is 8.58. The highest BCUT2D eigenvalue weighted by Crippen LogP contribution is 2.32. The molecule has 1 fully saturated rings. The number of hydrogen-bond donors (Lipinski definition) is 1. The van der Waals surface area contributed by atoms with Gasteiger partial charge in [-0.15, -0.1) is 0 Å². The molecule has 2 unspecified atom stereocenters. The fourth-order valence-electron chi connectivity index (χ4n) is 2.49. The van der Waals surface area contributed by atoms with Gasteiger partial charge in [-0.05, 0) is 37.5 Å². The number of carbonyl (C=O) groups excluding carboxylic acids is 1. The van der Waals surface area contributed by atoms with E-state index in [9.17, 15) is 4.79 Å². The molecule has 0 bridgehead atoms. The van der Waals surface area contributed by atoms with Crippen LogP contribution in [0.15, 0.2) is 24.3 Å². The Morgan fingerprint density at radius 1 is 1.50 bits per heavy atom. The molecular weight excluding hydrogens is 248 g/mol. The van der Waals surface area contributed by atoms with Crippen molar-refractivity contribution >= 4 is 17.5 Å². The van der Waals surface area contributed by atoms with E-state index in [4.69, 9.17) is 17.3 Å². The normalized spacial score (nSPS) is 21.1. The number of hydrogen-bond acceptors (Lipinski definition) is 2. The van der Waals surface area contributed by atoms with Gasteiger partial charge in [0.2, 0.25) is 5.91 Å². The summed E-state index contributed by atoms with van der Waals surface area (Å²) in [5, 5.41) is 0.727. The lowest BCUT2D eigenvalue weighted by molar-refractivity contribution is -0.132. The third-order valence-electron chi connectivity index (χ3n) is 3.32. The largest absolute Gasteiger partial charge is 0.336 e. The molecule has 0 aromatic heterocycles. The number of nitrogens with two attached hydrogens (primary N) is 1. The topological polar surface area (TPSA) is 46.3 Å². The summed E-state index contributed by atoms with van der Waals surface area (Å²) in [7, 11) is 0. The predicted octanol–water partition coefficient (Wildman–Crippen LogP) is 2.74. The van der Waals surface area contributed by atoms with Crippen molar-refractivity contribution in [1.29, 1.82) is 0 Å². The van der Waals surface area contributed by atoms with Crippen molar-refractivity contribution in [1.82, 2.24) is 4.90 Å². The van der Waals surface area contributed by atoms with Crippen LogP contribution in [0.4, 0.5) is 0 Å². The third-order valence-corrected chi connectivity index (χ3v) is 3.58. The van der Waals surface area contributed by atoms with Gasteiger partial charge in [-0.1, -0.05) is 23.7 Å². The Labute approximate surface area is 113 Å². The number of rotatable bonds is 3. The smallest absolute Gasteiger partial charge is 0.224 e. The van der Waals surface area contributed by atoms with E-state index in [0.717, 1.165) is 30.0 Å². The molecule has 1 heterocycles. The summed E-state index contributed by atoms with van der Waals surface area (Å²) in [6.45, 7) is 2.70. The van der Waals surface area contributed by atoms with E-state index >= 15 is 0 Å². The zero-order chi connectivity index (χ0) is 13.1. The Morgan fingerprint density at radius 2 is 2.17 bits per heavy atom. The molecule has 1 aromatic carbocycles. The van der Waals surface area contributed by atoms with Crippen LogP contribution in [0.25, 0.3) is 0 Å². The molecule has 1 aliphatic rings. The number of carbonyl (C=O) groups is 1. The van der Waals surface area contributed by atoms with Gasteiger partial charge in [-0.25, -0.2) is 0 Å². The van der Waals surface area contributed by atoms with E-state index in [1.54, 1.807) is 0 Å². The van der Waals surface area contributed by atoms with Gasteiger partial charge in [0.15, 0.2) is 0 Å². The van der Waals surface area contributed by atoms with E-state index < -0.39 is 0 Å². The fourth-order valence-corrected chi connectivity index (χ4v) is 2.62. The number of halogens is 1. The molecule has 1 aromatic rings. The van der Waals surface area contributed by atoms with Crippen LogP contribution in [-0.2, 0) is 4.79 Å². The third kappa shape index (κ3) is 3.03. The molecule has 0 spiro atoms. The molecule has 1 aliphatic heterocycles. The van der Waals surface area contributed by atoms with Gasteiger partial charge in [0.05, 0.1) is 6.04 Å². The second-order valence-electron chi connectivity index (χ2n) is 4.98. The molecule has 2 N–H and O–H groups in total.